The van der Waals surface area contributed by atoms with Gasteiger partial charge in [-0.05, 0) is 13.8 Å². The normalized spacial score (nSPS) is 18.9. The number of hydrogen-bond donors (Lipinski definition) is 4. The van der Waals surface area contributed by atoms with Gasteiger partial charge in [0.25, 0.3) is 0 Å². The van der Waals surface area contributed by atoms with E-state index in [4.69, 9.17) is 10.8 Å². The van der Waals surface area contributed by atoms with E-state index in [1.165, 1.54) is 0 Å². The molecule has 1 atom stereocenters. The number of nitrogens with zero attached hydrogens (tertiary/aromatic N) is 1. The van der Waals surface area contributed by atoms with E-state index in [-0.39, 0.29) is 19.5 Å². The molecule has 118 valence electrons. The van der Waals surface area contributed by atoms with Crippen LogP contribution in [0.15, 0.2) is 0 Å². The molecular weight excluding hydrogens is 280 g/mol. The van der Waals surface area contributed by atoms with Gasteiger partial charge in [-0.25, -0.2) is 4.79 Å². The lowest BCUT2D eigenvalue weighted by Gasteiger charge is -2.36. The molecule has 9 nitrogen and oxygen atoms in total. The fourth-order valence-corrected chi connectivity index (χ4v) is 2.17. The number of carbonyl (C=O) groups excluding carboxylic acids is 3. The molecule has 1 heterocycles. The number of hydrogen-bond acceptors (Lipinski definition) is 4. The number of aliphatic carboxylic acids is 1. The van der Waals surface area contributed by atoms with Gasteiger partial charge in [0.2, 0.25) is 11.8 Å². The molecule has 0 spiro atoms. The number of primary amides is 1. The second-order valence-electron chi connectivity index (χ2n) is 5.56. The second-order valence-corrected chi connectivity index (χ2v) is 5.56. The van der Waals surface area contributed by atoms with Crippen molar-refractivity contribution >= 4 is 23.8 Å². The van der Waals surface area contributed by atoms with Crippen LogP contribution in [0.25, 0.3) is 0 Å². The number of carboxylic acid groups (broad SMARTS) is 1. The monoisotopic (exact) mass is 300 g/mol. The molecule has 1 aliphatic heterocycles. The number of piperazine rings is 1. The molecule has 9 heteroatoms. The molecule has 0 saturated carbocycles. The second kappa shape index (κ2) is 6.42. The first-order valence-electron chi connectivity index (χ1n) is 6.49. The van der Waals surface area contributed by atoms with Crippen LogP contribution >= 0.6 is 0 Å². The van der Waals surface area contributed by atoms with Crippen LogP contribution in [0.1, 0.15) is 26.7 Å². The van der Waals surface area contributed by atoms with Gasteiger partial charge in [-0.1, -0.05) is 0 Å². The zero-order valence-corrected chi connectivity index (χ0v) is 12.0. The number of nitrogens with two attached hydrogens (primary N) is 1. The van der Waals surface area contributed by atoms with E-state index in [1.54, 1.807) is 13.8 Å². The molecule has 4 amide bonds. The Labute approximate surface area is 121 Å². The highest BCUT2D eigenvalue weighted by Gasteiger charge is 2.36. The van der Waals surface area contributed by atoms with Crippen LogP contribution in [0.5, 0.6) is 0 Å². The lowest BCUT2D eigenvalue weighted by Crippen LogP contribution is -2.62. The lowest BCUT2D eigenvalue weighted by atomic mass is 10.0. The summed E-state index contributed by atoms with van der Waals surface area (Å²) in [6, 6.07) is -1.66. The molecule has 1 saturated heterocycles. The first-order valence-corrected chi connectivity index (χ1v) is 6.49. The molecule has 21 heavy (non-hydrogen) atoms. The van der Waals surface area contributed by atoms with Gasteiger partial charge in [-0.2, -0.15) is 0 Å². The van der Waals surface area contributed by atoms with E-state index in [2.05, 4.69) is 10.6 Å². The molecule has 1 unspecified atom stereocenters. The van der Waals surface area contributed by atoms with Crippen LogP contribution in [0.4, 0.5) is 4.79 Å². The first kappa shape index (κ1) is 16.7. The Morgan fingerprint density at radius 1 is 1.48 bits per heavy atom. The number of amides is 4. The van der Waals surface area contributed by atoms with Crippen LogP contribution in [0.3, 0.4) is 0 Å². The highest BCUT2D eigenvalue weighted by atomic mass is 16.4. The summed E-state index contributed by atoms with van der Waals surface area (Å²) in [5.74, 6) is -2.25. The van der Waals surface area contributed by atoms with Gasteiger partial charge in [0.05, 0.1) is 6.42 Å². The van der Waals surface area contributed by atoms with Gasteiger partial charge >= 0.3 is 12.0 Å². The molecule has 0 radical (unpaired) electrons. The number of nitrogens with one attached hydrogen (secondary N) is 2. The Balaban J connectivity index is 2.80. The van der Waals surface area contributed by atoms with E-state index < -0.39 is 41.8 Å². The molecule has 0 bridgehead atoms. The Hall–Kier alpha value is -2.32. The average Bonchev–Trinajstić information content (AvgIpc) is 2.28. The van der Waals surface area contributed by atoms with Crippen LogP contribution in [0, 0.1) is 0 Å². The molecule has 0 aliphatic carbocycles. The topological polar surface area (TPSA) is 142 Å². The third-order valence-corrected chi connectivity index (χ3v) is 3.02. The molecule has 0 aromatic carbocycles. The Morgan fingerprint density at radius 3 is 2.62 bits per heavy atom. The average molecular weight is 300 g/mol. The van der Waals surface area contributed by atoms with Crippen LogP contribution < -0.4 is 16.4 Å². The van der Waals surface area contributed by atoms with Crippen molar-refractivity contribution in [3.8, 4) is 0 Å². The summed E-state index contributed by atoms with van der Waals surface area (Å²) < 4.78 is 0. The van der Waals surface area contributed by atoms with Crippen LogP contribution in [0.2, 0.25) is 0 Å². The maximum atomic E-state index is 12.2. The maximum Gasteiger partial charge on any atom is 0.318 e. The van der Waals surface area contributed by atoms with Crippen molar-refractivity contribution in [1.29, 1.82) is 0 Å². The molecule has 0 aromatic heterocycles. The predicted molar refractivity (Wildman–Crippen MR) is 72.2 cm³/mol. The Kier molecular flexibility index (Phi) is 5.12. The fourth-order valence-electron chi connectivity index (χ4n) is 2.17. The molecular formula is C12H20N4O5. The standard InChI is InChI=1S/C12H20N4O5/c1-12(2,6-8(13)17)15-11(21)16-4-3-14-10(20)7(16)5-9(18)19/h7H,3-6H2,1-2H3,(H2,13,17)(H,14,20)(H,15,21)(H,18,19). The van der Waals surface area contributed by atoms with Crippen molar-refractivity contribution in [2.75, 3.05) is 13.1 Å². The van der Waals surface area contributed by atoms with Gasteiger partial charge in [-0.15, -0.1) is 0 Å². The van der Waals surface area contributed by atoms with E-state index in [0.29, 0.717) is 0 Å². The Morgan fingerprint density at radius 2 is 2.10 bits per heavy atom. The highest BCUT2D eigenvalue weighted by Crippen LogP contribution is 2.13. The molecule has 1 rings (SSSR count). The summed E-state index contributed by atoms with van der Waals surface area (Å²) in [6.07, 6.45) is -0.544. The maximum absolute atomic E-state index is 12.2. The number of carbonyl (C=O) groups is 4. The molecule has 0 aromatic rings. The van der Waals surface area contributed by atoms with Crippen molar-refractivity contribution < 1.29 is 24.3 Å². The van der Waals surface area contributed by atoms with E-state index in [9.17, 15) is 19.2 Å². The van der Waals surface area contributed by atoms with E-state index >= 15 is 0 Å². The number of rotatable bonds is 5. The third-order valence-electron chi connectivity index (χ3n) is 3.02. The zero-order chi connectivity index (χ0) is 16.2. The highest BCUT2D eigenvalue weighted by molar-refractivity contribution is 5.91. The van der Waals surface area contributed by atoms with Crippen LogP contribution in [-0.2, 0) is 14.4 Å². The smallest absolute Gasteiger partial charge is 0.318 e. The van der Waals surface area contributed by atoms with Gasteiger partial charge < -0.3 is 26.4 Å². The van der Waals surface area contributed by atoms with Gasteiger partial charge in [0.1, 0.15) is 6.04 Å². The predicted octanol–water partition coefficient (Wildman–Crippen LogP) is -1.37. The first-order chi connectivity index (χ1) is 9.62. The number of carboxylic acids is 1. The van der Waals surface area contributed by atoms with E-state index in [1.807, 2.05) is 0 Å². The van der Waals surface area contributed by atoms with Crippen molar-refractivity contribution in [2.45, 2.75) is 38.3 Å². The van der Waals surface area contributed by atoms with Crippen LogP contribution in [-0.4, -0.2) is 58.5 Å². The fraction of sp³-hybridized carbons (Fsp3) is 0.667. The quantitative estimate of drug-likeness (QED) is 0.495. The SMILES string of the molecule is CC(C)(CC(N)=O)NC(=O)N1CCNC(=O)C1CC(=O)O. The van der Waals surface area contributed by atoms with Gasteiger partial charge in [0, 0.05) is 25.0 Å². The summed E-state index contributed by atoms with van der Waals surface area (Å²) in [5, 5.41) is 13.9. The number of urea groups is 1. The van der Waals surface area contributed by atoms with Crippen molar-refractivity contribution in [3.63, 3.8) is 0 Å². The minimum absolute atomic E-state index is 0.0671. The molecule has 1 aliphatic rings. The van der Waals surface area contributed by atoms with Gasteiger partial charge in [0.15, 0.2) is 0 Å². The summed E-state index contributed by atoms with van der Waals surface area (Å²) in [4.78, 5) is 46.9. The minimum Gasteiger partial charge on any atom is -0.481 e. The van der Waals surface area contributed by atoms with Crippen molar-refractivity contribution in [2.24, 2.45) is 5.73 Å². The Bertz CT molecular complexity index is 463. The summed E-state index contributed by atoms with van der Waals surface area (Å²) >= 11 is 0. The van der Waals surface area contributed by atoms with Crippen molar-refractivity contribution in [1.82, 2.24) is 15.5 Å². The molecule has 1 fully saturated rings. The lowest BCUT2D eigenvalue weighted by molar-refractivity contribution is -0.142. The summed E-state index contributed by atoms with van der Waals surface area (Å²) in [5.41, 5.74) is 4.22. The molecule has 5 N–H and O–H groups in total. The van der Waals surface area contributed by atoms with Gasteiger partial charge in [-0.3, -0.25) is 14.4 Å². The largest absolute Gasteiger partial charge is 0.481 e. The summed E-state index contributed by atoms with van der Waals surface area (Å²) in [7, 11) is 0. The van der Waals surface area contributed by atoms with E-state index in [0.717, 1.165) is 4.90 Å². The van der Waals surface area contributed by atoms with Crippen molar-refractivity contribution in [3.05, 3.63) is 0 Å². The minimum atomic E-state index is -1.17. The summed E-state index contributed by atoms with van der Waals surface area (Å²) in [6.45, 7) is 3.68. The zero-order valence-electron chi connectivity index (χ0n) is 12.0. The third kappa shape index (κ3) is 4.93.